The van der Waals surface area contributed by atoms with Gasteiger partial charge in [-0.15, -0.1) is 0 Å². The maximum absolute atomic E-state index is 13.9. The fourth-order valence-electron chi connectivity index (χ4n) is 3.10. The second-order valence-corrected chi connectivity index (χ2v) is 5.71. The molecule has 3 rings (SSSR count). The van der Waals surface area contributed by atoms with E-state index in [1.54, 1.807) is 12.1 Å². The Balaban J connectivity index is 1.77. The van der Waals surface area contributed by atoms with Crippen LogP contribution in [-0.4, -0.2) is 5.11 Å². The second kappa shape index (κ2) is 6.00. The Labute approximate surface area is 123 Å². The highest BCUT2D eigenvalue weighted by Crippen LogP contribution is 2.35. The molecule has 1 aromatic heterocycles. The van der Waals surface area contributed by atoms with Crippen LogP contribution in [-0.2, 0) is 19.6 Å². The molecule has 0 aliphatic heterocycles. The van der Waals surface area contributed by atoms with Gasteiger partial charge in [-0.05, 0) is 48.1 Å². The van der Waals surface area contributed by atoms with Gasteiger partial charge in [-0.25, -0.2) is 4.39 Å². The molecule has 3 nitrogen and oxygen atoms in total. The van der Waals surface area contributed by atoms with E-state index in [4.69, 9.17) is 9.52 Å². The fraction of sp³-hybridized carbons (Fsp3) is 0.412. The van der Waals surface area contributed by atoms with E-state index in [-0.39, 0.29) is 18.5 Å². The molecule has 4 heteroatoms. The molecule has 0 saturated heterocycles. The number of rotatable bonds is 4. The van der Waals surface area contributed by atoms with Crippen LogP contribution in [0.3, 0.4) is 0 Å². The summed E-state index contributed by atoms with van der Waals surface area (Å²) >= 11 is 0. The molecule has 0 amide bonds. The Morgan fingerprint density at radius 1 is 1.29 bits per heavy atom. The topological polar surface area (TPSA) is 45.4 Å². The van der Waals surface area contributed by atoms with E-state index >= 15 is 0 Å². The molecule has 0 bridgehead atoms. The third kappa shape index (κ3) is 2.87. The van der Waals surface area contributed by atoms with Crippen molar-refractivity contribution in [2.45, 2.75) is 39.0 Å². The summed E-state index contributed by atoms with van der Waals surface area (Å²) in [4.78, 5) is 0. The van der Waals surface area contributed by atoms with Crippen LogP contribution in [0.25, 0.3) is 0 Å². The van der Waals surface area contributed by atoms with Crippen molar-refractivity contribution in [2.75, 3.05) is 0 Å². The second-order valence-electron chi connectivity index (χ2n) is 5.71. The first kappa shape index (κ1) is 14.3. The molecule has 2 N–H and O–H groups in total. The van der Waals surface area contributed by atoms with Crippen molar-refractivity contribution in [3.63, 3.8) is 0 Å². The lowest BCUT2D eigenvalue weighted by Gasteiger charge is -2.32. The Kier molecular flexibility index (Phi) is 4.08. The first-order valence-electron chi connectivity index (χ1n) is 7.38. The molecule has 2 aromatic rings. The van der Waals surface area contributed by atoms with E-state index in [1.807, 2.05) is 12.1 Å². The molecule has 21 heavy (non-hydrogen) atoms. The predicted octanol–water partition coefficient (Wildman–Crippen LogP) is 3.32. The molecule has 1 aliphatic rings. The summed E-state index contributed by atoms with van der Waals surface area (Å²) in [6, 6.07) is 9.08. The van der Waals surface area contributed by atoms with Gasteiger partial charge in [0.15, 0.2) is 0 Å². The summed E-state index contributed by atoms with van der Waals surface area (Å²) in [6.07, 6.45) is 1.78. The average molecular weight is 289 g/mol. The molecule has 2 atom stereocenters. The molecule has 0 saturated carbocycles. The smallest absolute Gasteiger partial charge is 0.129 e. The van der Waals surface area contributed by atoms with Gasteiger partial charge in [-0.3, -0.25) is 0 Å². The summed E-state index contributed by atoms with van der Waals surface area (Å²) in [5.41, 5.74) is 1.89. The zero-order valence-electron chi connectivity index (χ0n) is 12.1. The highest BCUT2D eigenvalue weighted by molar-refractivity contribution is 5.34. The van der Waals surface area contributed by atoms with E-state index in [0.29, 0.717) is 18.2 Å². The van der Waals surface area contributed by atoms with Crippen molar-refractivity contribution in [3.8, 4) is 0 Å². The number of furan rings is 1. The molecular weight excluding hydrogens is 269 g/mol. The maximum Gasteiger partial charge on any atom is 0.129 e. The molecule has 1 aliphatic carbocycles. The van der Waals surface area contributed by atoms with Crippen LogP contribution < -0.4 is 5.32 Å². The van der Waals surface area contributed by atoms with Gasteiger partial charge in [0.25, 0.3) is 0 Å². The van der Waals surface area contributed by atoms with Crippen molar-refractivity contribution < 1.29 is 13.9 Å². The van der Waals surface area contributed by atoms with Gasteiger partial charge < -0.3 is 14.8 Å². The van der Waals surface area contributed by atoms with Crippen LogP contribution in [0.1, 0.15) is 42.0 Å². The lowest BCUT2D eigenvalue weighted by Crippen LogP contribution is -2.31. The first-order chi connectivity index (χ1) is 10.2. The molecule has 0 unspecified atom stereocenters. The normalized spacial score (nSPS) is 21.3. The van der Waals surface area contributed by atoms with Gasteiger partial charge in [0.1, 0.15) is 23.9 Å². The van der Waals surface area contributed by atoms with Gasteiger partial charge in [-0.2, -0.15) is 0 Å². The monoisotopic (exact) mass is 289 g/mol. The fourth-order valence-corrected chi connectivity index (χ4v) is 3.10. The Morgan fingerprint density at radius 3 is 2.86 bits per heavy atom. The van der Waals surface area contributed by atoms with Gasteiger partial charge >= 0.3 is 0 Å². The van der Waals surface area contributed by atoms with E-state index in [2.05, 4.69) is 12.2 Å². The number of fused-ring (bicyclic) bond motifs is 1. The lowest BCUT2D eigenvalue weighted by molar-refractivity contribution is 0.240. The molecule has 112 valence electrons. The Morgan fingerprint density at radius 2 is 2.10 bits per heavy atom. The summed E-state index contributed by atoms with van der Waals surface area (Å²) in [5, 5.41) is 12.5. The maximum atomic E-state index is 13.9. The number of hydrogen-bond donors (Lipinski definition) is 2. The van der Waals surface area contributed by atoms with Crippen molar-refractivity contribution in [1.82, 2.24) is 5.32 Å². The minimum Gasteiger partial charge on any atom is -0.462 e. The van der Waals surface area contributed by atoms with Crippen LogP contribution in [0.5, 0.6) is 0 Å². The van der Waals surface area contributed by atoms with Crippen LogP contribution in [0.15, 0.2) is 34.7 Å². The molecular formula is C17H20FNO2. The summed E-state index contributed by atoms with van der Waals surface area (Å²) < 4.78 is 19.4. The first-order valence-corrected chi connectivity index (χ1v) is 7.38. The van der Waals surface area contributed by atoms with Crippen molar-refractivity contribution in [1.29, 1.82) is 0 Å². The van der Waals surface area contributed by atoms with E-state index < -0.39 is 0 Å². The van der Waals surface area contributed by atoms with Crippen LogP contribution in [0, 0.1) is 11.7 Å². The highest BCUT2D eigenvalue weighted by atomic mass is 19.1. The summed E-state index contributed by atoms with van der Waals surface area (Å²) in [5.74, 6) is 1.70. The number of benzene rings is 1. The molecule has 0 spiro atoms. The largest absolute Gasteiger partial charge is 0.462 e. The third-order valence-electron chi connectivity index (χ3n) is 4.28. The van der Waals surface area contributed by atoms with Crippen LogP contribution >= 0.6 is 0 Å². The van der Waals surface area contributed by atoms with E-state index in [1.165, 1.54) is 6.07 Å². The van der Waals surface area contributed by atoms with Gasteiger partial charge in [0, 0.05) is 6.04 Å². The minimum atomic E-state index is -0.105. The zero-order chi connectivity index (χ0) is 14.8. The van der Waals surface area contributed by atoms with Crippen molar-refractivity contribution >= 4 is 0 Å². The zero-order valence-corrected chi connectivity index (χ0v) is 12.1. The molecule has 0 radical (unpaired) electrons. The molecule has 0 fully saturated rings. The minimum absolute atomic E-state index is 0.0894. The molecule has 1 aromatic carbocycles. The summed E-state index contributed by atoms with van der Waals surface area (Å²) in [7, 11) is 0. The standard InChI is InChI=1S/C17H20FNO2/c1-11-5-8-14-15(3-2-4-16(14)18)17(11)19-9-12-6-7-13(10-20)21-12/h2-4,6-7,11,17,19-20H,5,8-10H2,1H3/t11-,17+/m1/s1. The number of hydrogen-bond acceptors (Lipinski definition) is 3. The highest BCUT2D eigenvalue weighted by Gasteiger charge is 2.27. The van der Waals surface area contributed by atoms with E-state index in [9.17, 15) is 4.39 Å². The third-order valence-corrected chi connectivity index (χ3v) is 4.28. The average Bonchev–Trinajstić information content (AvgIpc) is 2.94. The van der Waals surface area contributed by atoms with Crippen LogP contribution in [0.4, 0.5) is 4.39 Å². The number of nitrogens with one attached hydrogen (secondary N) is 1. The quantitative estimate of drug-likeness (QED) is 0.907. The van der Waals surface area contributed by atoms with Gasteiger partial charge in [-0.1, -0.05) is 19.1 Å². The Hall–Kier alpha value is -1.65. The van der Waals surface area contributed by atoms with Gasteiger partial charge in [0.05, 0.1) is 6.54 Å². The predicted molar refractivity (Wildman–Crippen MR) is 78.1 cm³/mol. The number of halogens is 1. The number of aliphatic hydroxyl groups is 1. The SMILES string of the molecule is C[C@@H]1CCc2c(F)cccc2[C@H]1NCc1ccc(CO)o1. The van der Waals surface area contributed by atoms with Crippen molar-refractivity contribution in [2.24, 2.45) is 5.92 Å². The van der Waals surface area contributed by atoms with Crippen LogP contribution in [0.2, 0.25) is 0 Å². The number of aliphatic hydroxyl groups excluding tert-OH is 1. The lowest BCUT2D eigenvalue weighted by atomic mass is 9.80. The summed E-state index contributed by atoms with van der Waals surface area (Å²) in [6.45, 7) is 2.67. The van der Waals surface area contributed by atoms with E-state index in [0.717, 1.165) is 29.7 Å². The van der Waals surface area contributed by atoms with Crippen molar-refractivity contribution in [3.05, 3.63) is 58.8 Å². The molecule has 1 heterocycles. The van der Waals surface area contributed by atoms with Gasteiger partial charge in [0.2, 0.25) is 0 Å². The Bertz CT molecular complexity index is 623.